The van der Waals surface area contributed by atoms with Crippen molar-refractivity contribution in [3.63, 3.8) is 0 Å². The van der Waals surface area contributed by atoms with Gasteiger partial charge in [-0.05, 0) is 207 Å². The topological polar surface area (TPSA) is 150 Å². The quantitative estimate of drug-likeness (QED) is 0.147. The number of nitrogens with zero attached hydrogens (tertiary/aromatic N) is 10. The molecule has 20 aromatic rings. The van der Waals surface area contributed by atoms with Crippen molar-refractivity contribution in [2.45, 2.75) is 103 Å². The number of hydrogen-bond donors (Lipinski definition) is 0. The molecule has 15 heterocycles. The molecule has 15 aromatic heterocycles. The Labute approximate surface area is 668 Å². The van der Waals surface area contributed by atoms with Crippen molar-refractivity contribution in [2.75, 3.05) is 0 Å². The van der Waals surface area contributed by atoms with Crippen LogP contribution in [0.3, 0.4) is 0 Å². The Morgan fingerprint density at radius 3 is 1.03 bits per heavy atom. The van der Waals surface area contributed by atoms with Gasteiger partial charge in [0.15, 0.2) is 58.9 Å². The highest BCUT2D eigenvalue weighted by Crippen LogP contribution is 2.42. The summed E-state index contributed by atoms with van der Waals surface area (Å²) in [5.41, 5.74) is 34.8. The fourth-order valence-electron chi connectivity index (χ4n) is 15.9. The summed E-state index contributed by atoms with van der Waals surface area (Å²) >= 11 is 0. The third kappa shape index (κ3) is 14.2. The molecule has 0 radical (unpaired) electrons. The van der Waals surface area contributed by atoms with Crippen molar-refractivity contribution in [2.24, 2.45) is 35.2 Å². The van der Waals surface area contributed by atoms with E-state index in [0.29, 0.717) is 34.5 Å². The summed E-state index contributed by atoms with van der Waals surface area (Å²) in [6.07, 6.45) is 14.2. The first-order chi connectivity index (χ1) is 55.3. The zero-order valence-corrected chi connectivity index (χ0v) is 69.0. The summed E-state index contributed by atoms with van der Waals surface area (Å²) in [7, 11) is 10.4. The number of benzene rings is 5. The predicted octanol–water partition coefficient (Wildman–Crippen LogP) is 22.2. The van der Waals surface area contributed by atoms with Gasteiger partial charge >= 0.3 is 0 Å². The highest BCUT2D eigenvalue weighted by molar-refractivity contribution is 6.13. The van der Waals surface area contributed by atoms with Crippen LogP contribution >= 0.6 is 0 Å². The van der Waals surface area contributed by atoms with E-state index in [2.05, 4.69) is 336 Å². The van der Waals surface area contributed by atoms with Crippen LogP contribution in [0.4, 0.5) is 0 Å². The van der Waals surface area contributed by atoms with Gasteiger partial charge in [-0.1, -0.05) is 74.5 Å². The van der Waals surface area contributed by atoms with Crippen LogP contribution < -0.4 is 22.8 Å². The minimum absolute atomic E-state index is 0.512. The highest BCUT2D eigenvalue weighted by atomic mass is 16.4. The van der Waals surface area contributed by atoms with Crippen LogP contribution in [0, 0.1) is 83.1 Å². The van der Waals surface area contributed by atoms with Crippen LogP contribution in [0.5, 0.6) is 0 Å². The molecule has 0 aliphatic heterocycles. The van der Waals surface area contributed by atoms with E-state index in [1.54, 1.807) is 12.4 Å². The first-order valence-corrected chi connectivity index (χ1v) is 39.1. The van der Waals surface area contributed by atoms with E-state index in [1.807, 2.05) is 57.2 Å². The molecule has 0 amide bonds. The maximum Gasteiger partial charge on any atom is 0.227 e. The van der Waals surface area contributed by atoms with Crippen LogP contribution in [0.2, 0.25) is 0 Å². The molecule has 0 saturated carbocycles. The Bertz CT molecular complexity index is 7250. The second-order valence-electron chi connectivity index (χ2n) is 31.2. The summed E-state index contributed by atoms with van der Waals surface area (Å²) < 4.78 is 41.5. The zero-order chi connectivity index (χ0) is 80.5. The summed E-state index contributed by atoms with van der Waals surface area (Å²) in [5, 5.41) is 10.9. The Balaban J connectivity index is 0.000000108. The van der Waals surface area contributed by atoms with Gasteiger partial charge in [-0.3, -0.25) is 0 Å². The number of hydrogen-bond acceptors (Lipinski definition) is 10. The number of fused-ring (bicyclic) bond motifs is 15. The predicted molar refractivity (Wildman–Crippen MR) is 462 cm³/mol. The van der Waals surface area contributed by atoms with E-state index < -0.39 is 0 Å². The fourth-order valence-corrected chi connectivity index (χ4v) is 15.9. The molecule has 0 saturated heterocycles. The minimum Gasteiger partial charge on any atom is -0.437 e. The summed E-state index contributed by atoms with van der Waals surface area (Å²) in [6, 6.07) is 63.3. The van der Waals surface area contributed by atoms with Gasteiger partial charge in [0.25, 0.3) is 0 Å². The largest absolute Gasteiger partial charge is 0.437 e. The summed E-state index contributed by atoms with van der Waals surface area (Å²) in [6.45, 7) is 29.5. The van der Waals surface area contributed by atoms with Gasteiger partial charge in [0.05, 0.1) is 27.8 Å². The van der Waals surface area contributed by atoms with Crippen molar-refractivity contribution in [3.8, 4) is 56.3 Å². The van der Waals surface area contributed by atoms with Crippen LogP contribution in [0.1, 0.15) is 92.5 Å². The van der Waals surface area contributed by atoms with Crippen LogP contribution in [-0.2, 0) is 35.2 Å². The first-order valence-electron chi connectivity index (χ1n) is 39.1. The van der Waals surface area contributed by atoms with Crippen molar-refractivity contribution >= 4 is 110 Å². The number of furan rings is 5. The molecule has 0 N–H and O–H groups in total. The number of rotatable bonds is 6. The monoisotopic (exact) mass is 1520 g/mol. The molecule has 0 bridgehead atoms. The van der Waals surface area contributed by atoms with Gasteiger partial charge in [-0.25, -0.2) is 47.8 Å². The molecule has 0 spiro atoms. The molecule has 570 valence electrons. The van der Waals surface area contributed by atoms with Crippen molar-refractivity contribution in [1.82, 2.24) is 24.9 Å². The van der Waals surface area contributed by atoms with E-state index >= 15 is 0 Å². The Hall–Kier alpha value is -13.4. The molecule has 15 nitrogen and oxygen atoms in total. The molecule has 0 aliphatic rings. The zero-order valence-electron chi connectivity index (χ0n) is 69.0. The molecule has 0 aliphatic carbocycles. The maximum absolute atomic E-state index is 6.17. The third-order valence-electron chi connectivity index (χ3n) is 22.3. The molecule has 0 fully saturated rings. The number of pyridine rings is 10. The van der Waals surface area contributed by atoms with E-state index in [4.69, 9.17) is 22.1 Å². The molecule has 20 rings (SSSR count). The molecular weight excluding hydrogens is 1420 g/mol. The van der Waals surface area contributed by atoms with Gasteiger partial charge < -0.3 is 22.1 Å². The Morgan fingerprint density at radius 2 is 0.617 bits per heavy atom. The molecule has 0 unspecified atom stereocenters. The summed E-state index contributed by atoms with van der Waals surface area (Å²) in [4.78, 5) is 22.3. The lowest BCUT2D eigenvalue weighted by Gasteiger charge is -2.08. The Kier molecular flexibility index (Phi) is 20.1. The second kappa shape index (κ2) is 30.6. The second-order valence-corrected chi connectivity index (χ2v) is 31.2. The van der Waals surface area contributed by atoms with Gasteiger partial charge in [0.2, 0.25) is 57.0 Å². The number of aryl methyl sites for hydroxylation is 17. The molecule has 15 heteroatoms. The minimum atomic E-state index is 0.512. The molecule has 0 atom stereocenters. The maximum atomic E-state index is 6.17. The average Bonchev–Trinajstić information content (AvgIpc) is 1.64. The van der Waals surface area contributed by atoms with Crippen molar-refractivity contribution < 1.29 is 44.9 Å². The molecule has 115 heavy (non-hydrogen) atoms. The van der Waals surface area contributed by atoms with Gasteiger partial charge in [-0.15, -0.1) is 0 Å². The van der Waals surface area contributed by atoms with Crippen molar-refractivity contribution in [3.05, 3.63) is 298 Å². The van der Waals surface area contributed by atoms with Gasteiger partial charge in [-0.2, -0.15) is 0 Å². The highest BCUT2D eigenvalue weighted by Gasteiger charge is 2.28. The van der Waals surface area contributed by atoms with Gasteiger partial charge in [0.1, 0.15) is 35.2 Å². The smallest absolute Gasteiger partial charge is 0.227 e. The van der Waals surface area contributed by atoms with Gasteiger partial charge in [0, 0.05) is 142 Å². The molecular formula is C100H95N10O5+5. The van der Waals surface area contributed by atoms with E-state index in [9.17, 15) is 0 Å². The van der Waals surface area contributed by atoms with Crippen LogP contribution in [-0.4, -0.2) is 24.9 Å². The lowest BCUT2D eigenvalue weighted by molar-refractivity contribution is -0.660. The average molecular weight is 1520 g/mol. The standard InChI is InChI=1S/C21H21N2O.3C20H19N2O.C19H17N2O/c1-13(2)15-8-10-18(23(4)12-15)19-14(3)7-9-16-17-6-5-11-22-21(17)24-20(16)19;1-12-5-10-17(22(4)11-12)18-13(2)6-8-15-16-9-7-14(3)21-20(16)23-19(15)18;1-12-9-10-22(4)17(11-12)18-13(2)5-7-15-16-8-6-14(3)21-20(16)23-19(15)18;1-12-7-8-15-16-6-5-9-21-20(16)23-19(15)18(12)17-10-13(2)14(3)11-22(17)4;1-12-7-9-14-15-10-8-13(2)20-19(15)22-18(14)17(12)16-6-4-5-11-21(16)3/h5-13H,1-4H3;3*5-11H,1-4H3;4-11H,1-3H3/q5*+1. The lowest BCUT2D eigenvalue weighted by atomic mass is 9.99. The fraction of sp³-hybridized carbons (Fsp3) is 0.200. The van der Waals surface area contributed by atoms with Crippen LogP contribution in [0.15, 0.2) is 247 Å². The Morgan fingerprint density at radius 1 is 0.261 bits per heavy atom. The summed E-state index contributed by atoms with van der Waals surface area (Å²) in [5.74, 6) is 0.512. The van der Waals surface area contributed by atoms with Crippen LogP contribution in [0.25, 0.3) is 167 Å². The first kappa shape index (κ1) is 75.6. The van der Waals surface area contributed by atoms with E-state index in [0.717, 1.165) is 155 Å². The van der Waals surface area contributed by atoms with Crippen molar-refractivity contribution in [1.29, 1.82) is 0 Å². The number of aromatic nitrogens is 10. The third-order valence-corrected chi connectivity index (χ3v) is 22.3. The SMILES string of the molecule is Cc1cc(-c2c(C)ccc3c2oc2ncccc23)[n+](C)cc1C.Cc1cc[n+](C)c(-c2c(C)ccc3c2oc2nc(C)ccc23)c1.Cc1ccc(-c2c(C)ccc3c2oc2nc(C)ccc23)[n+](C)c1.Cc1ccc2c(n1)oc1c(-c3cccc[n+]3C)c(C)ccc12.Cc1ccc2c(oc3ncccc32)c1-c1ccc(C(C)C)c[n+]1C. The molecule has 5 aromatic carbocycles. The lowest BCUT2D eigenvalue weighted by Crippen LogP contribution is -2.31. The van der Waals surface area contributed by atoms with E-state index in [1.165, 1.54) is 55.6 Å². The normalized spacial score (nSPS) is 11.5. The van der Waals surface area contributed by atoms with E-state index in [-0.39, 0.29) is 0 Å².